The molecule has 0 saturated heterocycles. The van der Waals surface area contributed by atoms with Crippen molar-refractivity contribution in [3.8, 4) is 11.3 Å². The first kappa shape index (κ1) is 16.8. The molecule has 1 N–H and O–H groups in total. The molecule has 0 fully saturated rings. The van der Waals surface area contributed by atoms with Gasteiger partial charge in [0.25, 0.3) is 0 Å². The van der Waals surface area contributed by atoms with Crippen LogP contribution in [-0.4, -0.2) is 15.9 Å². The molecule has 5 nitrogen and oxygen atoms in total. The van der Waals surface area contributed by atoms with E-state index in [1.807, 2.05) is 0 Å². The van der Waals surface area contributed by atoms with Gasteiger partial charge in [-0.2, -0.15) is 0 Å². The van der Waals surface area contributed by atoms with Crippen molar-refractivity contribution < 1.29 is 13.6 Å². The minimum atomic E-state index is -0.234. The second-order valence-corrected chi connectivity index (χ2v) is 5.72. The fraction of sp³-hybridized carbons (Fsp3) is 0.211. The highest BCUT2D eigenvalue weighted by atomic mass is 19.1. The number of aryl methyl sites for hydroxylation is 2. The van der Waals surface area contributed by atoms with Crippen LogP contribution in [-0.2, 0) is 17.8 Å². The van der Waals surface area contributed by atoms with E-state index in [-0.39, 0.29) is 18.3 Å². The number of amides is 1. The van der Waals surface area contributed by atoms with Gasteiger partial charge in [0.2, 0.25) is 5.91 Å². The molecule has 0 aliphatic carbocycles. The fourth-order valence-electron chi connectivity index (χ4n) is 2.53. The van der Waals surface area contributed by atoms with Crippen LogP contribution in [0.15, 0.2) is 53.6 Å². The van der Waals surface area contributed by atoms with E-state index in [1.165, 1.54) is 6.07 Å². The van der Waals surface area contributed by atoms with E-state index < -0.39 is 0 Å². The normalized spacial score (nSPS) is 10.6. The van der Waals surface area contributed by atoms with Crippen LogP contribution in [0.3, 0.4) is 0 Å². The molecule has 2 aromatic heterocycles. The maximum Gasteiger partial charge on any atom is 0.220 e. The molecule has 0 radical (unpaired) electrons. The summed E-state index contributed by atoms with van der Waals surface area (Å²) in [6, 6.07) is 6.70. The molecular formula is C19H18FN3O2. The first-order valence-electron chi connectivity index (χ1n) is 7.97. The van der Waals surface area contributed by atoms with Crippen molar-refractivity contribution in [2.24, 2.45) is 0 Å². The molecule has 3 rings (SSSR count). The van der Waals surface area contributed by atoms with Gasteiger partial charge in [0.05, 0.1) is 30.5 Å². The number of hydrogen-bond acceptors (Lipinski definition) is 4. The molecule has 0 spiro atoms. The van der Waals surface area contributed by atoms with Crippen molar-refractivity contribution in [2.45, 2.75) is 26.3 Å². The van der Waals surface area contributed by atoms with Gasteiger partial charge in [0.15, 0.2) is 0 Å². The summed E-state index contributed by atoms with van der Waals surface area (Å²) in [5.41, 5.74) is 3.70. The summed E-state index contributed by atoms with van der Waals surface area (Å²) in [6.07, 6.45) is 7.23. The molecule has 3 aromatic rings. The number of aromatic nitrogens is 2. The van der Waals surface area contributed by atoms with Crippen molar-refractivity contribution in [2.75, 3.05) is 0 Å². The highest BCUT2D eigenvalue weighted by Crippen LogP contribution is 2.19. The number of nitrogens with zero attached hydrogens (tertiary/aromatic N) is 2. The molecule has 0 bridgehead atoms. The van der Waals surface area contributed by atoms with Gasteiger partial charge in [-0.25, -0.2) is 4.39 Å². The molecule has 1 aromatic carbocycles. The third-order valence-corrected chi connectivity index (χ3v) is 3.88. The van der Waals surface area contributed by atoms with Crippen LogP contribution in [0.1, 0.15) is 23.2 Å². The molecule has 1 amide bonds. The number of halogens is 1. The third kappa shape index (κ3) is 4.29. The Morgan fingerprint density at radius 1 is 1.24 bits per heavy atom. The number of nitrogens with one attached hydrogen (secondary N) is 1. The van der Waals surface area contributed by atoms with Gasteiger partial charge in [-0.3, -0.25) is 14.8 Å². The molecule has 0 unspecified atom stereocenters. The minimum absolute atomic E-state index is 0.0919. The highest BCUT2D eigenvalue weighted by molar-refractivity contribution is 5.76. The molecule has 6 heteroatoms. The van der Waals surface area contributed by atoms with Crippen LogP contribution < -0.4 is 5.32 Å². The van der Waals surface area contributed by atoms with Crippen molar-refractivity contribution in [3.63, 3.8) is 0 Å². The van der Waals surface area contributed by atoms with E-state index in [0.29, 0.717) is 29.8 Å². The van der Waals surface area contributed by atoms with Crippen LogP contribution in [0.2, 0.25) is 0 Å². The zero-order chi connectivity index (χ0) is 17.6. The van der Waals surface area contributed by atoms with Gasteiger partial charge in [-0.05, 0) is 36.6 Å². The summed E-state index contributed by atoms with van der Waals surface area (Å²) in [4.78, 5) is 20.7. The predicted molar refractivity (Wildman–Crippen MR) is 91.0 cm³/mol. The number of carbonyl (C=O) groups excluding carboxylic acids is 1. The lowest BCUT2D eigenvalue weighted by Crippen LogP contribution is -2.24. The van der Waals surface area contributed by atoms with Crippen molar-refractivity contribution in [3.05, 3.63) is 71.8 Å². The molecular weight excluding hydrogens is 321 g/mol. The molecule has 0 aliphatic heterocycles. The number of rotatable bonds is 6. The van der Waals surface area contributed by atoms with Gasteiger partial charge >= 0.3 is 0 Å². The monoisotopic (exact) mass is 339 g/mol. The first-order chi connectivity index (χ1) is 12.1. The third-order valence-electron chi connectivity index (χ3n) is 3.88. The minimum Gasteiger partial charge on any atom is -0.472 e. The Hall–Kier alpha value is -3.02. The summed E-state index contributed by atoms with van der Waals surface area (Å²) in [6.45, 7) is 2.00. The standard InChI is InChI=1S/C19H18FN3O2/c1-13-10-14(2-4-16(13)20)3-5-18(24)23-11-17-19(22-8-7-21-17)15-6-9-25-12-15/h2,4,6-10,12H,3,5,11H2,1H3,(H,23,24). The van der Waals surface area contributed by atoms with Crippen LogP contribution in [0.5, 0.6) is 0 Å². The SMILES string of the molecule is Cc1cc(CCC(=O)NCc2nccnc2-c2ccoc2)ccc1F. The zero-order valence-corrected chi connectivity index (χ0v) is 13.8. The maximum atomic E-state index is 13.3. The number of benzene rings is 1. The largest absolute Gasteiger partial charge is 0.472 e. The van der Waals surface area contributed by atoms with E-state index >= 15 is 0 Å². The van der Waals surface area contributed by atoms with Crippen molar-refractivity contribution in [1.82, 2.24) is 15.3 Å². The van der Waals surface area contributed by atoms with Gasteiger partial charge in [0.1, 0.15) is 5.82 Å². The smallest absolute Gasteiger partial charge is 0.220 e. The van der Waals surface area contributed by atoms with Gasteiger partial charge in [0, 0.05) is 24.4 Å². The van der Waals surface area contributed by atoms with Crippen molar-refractivity contribution in [1.29, 1.82) is 0 Å². The number of hydrogen-bond donors (Lipinski definition) is 1. The zero-order valence-electron chi connectivity index (χ0n) is 13.8. The summed E-state index contributed by atoms with van der Waals surface area (Å²) in [7, 11) is 0. The fourth-order valence-corrected chi connectivity index (χ4v) is 2.53. The Bertz CT molecular complexity index is 863. The van der Waals surface area contributed by atoms with Crippen LogP contribution in [0, 0.1) is 12.7 Å². The number of carbonyl (C=O) groups is 1. The van der Waals surface area contributed by atoms with E-state index in [0.717, 1.165) is 11.1 Å². The molecule has 0 saturated carbocycles. The Labute approximate surface area is 144 Å². The lowest BCUT2D eigenvalue weighted by atomic mass is 10.1. The quantitative estimate of drug-likeness (QED) is 0.747. The average Bonchev–Trinajstić information content (AvgIpc) is 3.15. The second kappa shape index (κ2) is 7.70. The Balaban J connectivity index is 1.57. The predicted octanol–water partition coefficient (Wildman–Crippen LogP) is 3.43. The lowest BCUT2D eigenvalue weighted by molar-refractivity contribution is -0.121. The molecule has 25 heavy (non-hydrogen) atoms. The Morgan fingerprint density at radius 2 is 2.08 bits per heavy atom. The van der Waals surface area contributed by atoms with Crippen molar-refractivity contribution >= 4 is 5.91 Å². The maximum absolute atomic E-state index is 13.3. The van der Waals surface area contributed by atoms with Gasteiger partial charge < -0.3 is 9.73 Å². The molecule has 128 valence electrons. The summed E-state index contributed by atoms with van der Waals surface area (Å²) in [5.74, 6) is -0.326. The van der Waals surface area contributed by atoms with Crippen LogP contribution >= 0.6 is 0 Å². The van der Waals surface area contributed by atoms with Gasteiger partial charge in [-0.1, -0.05) is 12.1 Å². The topological polar surface area (TPSA) is 68.0 Å². The molecule has 0 atom stereocenters. The lowest BCUT2D eigenvalue weighted by Gasteiger charge is -2.08. The van der Waals surface area contributed by atoms with E-state index in [1.54, 1.807) is 50.0 Å². The Kier molecular flexibility index (Phi) is 5.18. The number of furan rings is 1. The summed E-state index contributed by atoms with van der Waals surface area (Å²) in [5, 5.41) is 2.85. The van der Waals surface area contributed by atoms with E-state index in [9.17, 15) is 9.18 Å². The highest BCUT2D eigenvalue weighted by Gasteiger charge is 2.10. The summed E-state index contributed by atoms with van der Waals surface area (Å²) < 4.78 is 18.3. The van der Waals surface area contributed by atoms with E-state index in [4.69, 9.17) is 4.42 Å². The molecule has 2 heterocycles. The van der Waals surface area contributed by atoms with Crippen LogP contribution in [0.25, 0.3) is 11.3 Å². The Morgan fingerprint density at radius 3 is 2.84 bits per heavy atom. The molecule has 0 aliphatic rings. The first-order valence-corrected chi connectivity index (χ1v) is 7.97. The average molecular weight is 339 g/mol. The second-order valence-electron chi connectivity index (χ2n) is 5.72. The van der Waals surface area contributed by atoms with Crippen LogP contribution in [0.4, 0.5) is 4.39 Å². The van der Waals surface area contributed by atoms with Gasteiger partial charge in [-0.15, -0.1) is 0 Å². The summed E-state index contributed by atoms with van der Waals surface area (Å²) >= 11 is 0. The van der Waals surface area contributed by atoms with E-state index in [2.05, 4.69) is 15.3 Å².